The third-order valence-electron chi connectivity index (χ3n) is 4.31. The highest BCUT2D eigenvalue weighted by Gasteiger charge is 2.22. The first-order chi connectivity index (χ1) is 12.6. The first-order valence-electron chi connectivity index (χ1n) is 8.22. The number of rotatable bonds is 3. The molecular weight excluding hydrogens is 356 g/mol. The summed E-state index contributed by atoms with van der Waals surface area (Å²) in [6.45, 7) is 2.34. The zero-order valence-corrected chi connectivity index (χ0v) is 14.7. The van der Waals surface area contributed by atoms with Crippen LogP contribution >= 0.6 is 11.6 Å². The lowest BCUT2D eigenvalue weighted by molar-refractivity contribution is -0.136. The third-order valence-corrected chi connectivity index (χ3v) is 4.54. The topological polar surface area (TPSA) is 99.2 Å². The zero-order chi connectivity index (χ0) is 18.1. The number of hydrogen-bond donors (Lipinski definition) is 1. The van der Waals surface area contributed by atoms with Crippen LogP contribution in [0, 0.1) is 0 Å². The molecule has 2 N–H and O–H groups in total. The molecular formula is C17H17ClN6O2. The highest BCUT2D eigenvalue weighted by Crippen LogP contribution is 2.31. The summed E-state index contributed by atoms with van der Waals surface area (Å²) in [6.07, 6.45) is 1.37. The first kappa shape index (κ1) is 16.7. The van der Waals surface area contributed by atoms with Crippen LogP contribution in [-0.4, -0.2) is 56.9 Å². The van der Waals surface area contributed by atoms with Crippen molar-refractivity contribution in [2.24, 2.45) is 0 Å². The fourth-order valence-corrected chi connectivity index (χ4v) is 3.21. The Bertz CT molecular complexity index is 967. The quantitative estimate of drug-likeness (QED) is 0.749. The molecule has 1 aliphatic rings. The number of ether oxygens (including phenoxy) is 1. The summed E-state index contributed by atoms with van der Waals surface area (Å²) in [5.41, 5.74) is 7.99. The predicted molar refractivity (Wildman–Crippen MR) is 97.6 cm³/mol. The van der Waals surface area contributed by atoms with Gasteiger partial charge >= 0.3 is 0 Å². The van der Waals surface area contributed by atoms with E-state index in [0.717, 1.165) is 5.56 Å². The molecule has 1 saturated heterocycles. The van der Waals surface area contributed by atoms with Crippen molar-refractivity contribution in [1.82, 2.24) is 24.6 Å². The van der Waals surface area contributed by atoms with Crippen molar-refractivity contribution in [3.8, 4) is 11.3 Å². The van der Waals surface area contributed by atoms with E-state index in [0.29, 0.717) is 53.9 Å². The monoisotopic (exact) mass is 372 g/mol. The Morgan fingerprint density at radius 3 is 2.85 bits per heavy atom. The fraction of sp³-hybridized carbons (Fsp3) is 0.294. The number of anilines is 1. The Kier molecular flexibility index (Phi) is 4.44. The van der Waals surface area contributed by atoms with Gasteiger partial charge < -0.3 is 15.4 Å². The summed E-state index contributed by atoms with van der Waals surface area (Å²) >= 11 is 6.11. The molecule has 0 aliphatic carbocycles. The normalized spacial score (nSPS) is 14.7. The first-order valence-corrected chi connectivity index (χ1v) is 8.60. The Hall–Kier alpha value is -2.71. The number of carbonyl (C=O) groups is 1. The van der Waals surface area contributed by atoms with E-state index in [2.05, 4.69) is 15.1 Å². The van der Waals surface area contributed by atoms with Gasteiger partial charge in [-0.05, 0) is 12.1 Å². The van der Waals surface area contributed by atoms with E-state index in [1.165, 1.54) is 6.33 Å². The minimum atomic E-state index is -0.0347. The van der Waals surface area contributed by atoms with Crippen molar-refractivity contribution in [2.45, 2.75) is 6.54 Å². The molecule has 1 amide bonds. The van der Waals surface area contributed by atoms with Crippen molar-refractivity contribution in [2.75, 3.05) is 32.0 Å². The summed E-state index contributed by atoms with van der Waals surface area (Å²) < 4.78 is 6.86. The number of carbonyl (C=O) groups excluding carboxylic acids is 1. The zero-order valence-electron chi connectivity index (χ0n) is 13.9. The highest BCUT2D eigenvalue weighted by atomic mass is 35.5. The number of hydrogen-bond acceptors (Lipinski definition) is 6. The van der Waals surface area contributed by atoms with Crippen molar-refractivity contribution in [3.05, 3.63) is 35.6 Å². The van der Waals surface area contributed by atoms with Crippen LogP contribution in [0.25, 0.3) is 22.3 Å². The number of fused-ring (bicyclic) bond motifs is 1. The Morgan fingerprint density at radius 2 is 2.08 bits per heavy atom. The molecule has 2 aromatic heterocycles. The van der Waals surface area contributed by atoms with Gasteiger partial charge in [-0.15, -0.1) is 0 Å². The molecule has 26 heavy (non-hydrogen) atoms. The average Bonchev–Trinajstić information content (AvgIpc) is 3.02. The van der Waals surface area contributed by atoms with E-state index in [-0.39, 0.29) is 12.5 Å². The van der Waals surface area contributed by atoms with Crippen molar-refractivity contribution in [3.63, 3.8) is 0 Å². The minimum Gasteiger partial charge on any atom is -0.383 e. The van der Waals surface area contributed by atoms with Crippen LogP contribution in [0.4, 0.5) is 5.82 Å². The van der Waals surface area contributed by atoms with Crippen LogP contribution in [0.2, 0.25) is 5.02 Å². The molecule has 3 aromatic rings. The van der Waals surface area contributed by atoms with Gasteiger partial charge in [-0.25, -0.2) is 14.6 Å². The van der Waals surface area contributed by atoms with Gasteiger partial charge in [0.25, 0.3) is 0 Å². The number of morpholine rings is 1. The molecule has 1 aromatic carbocycles. The Labute approximate surface area is 154 Å². The summed E-state index contributed by atoms with van der Waals surface area (Å²) in [5.74, 6) is 0.280. The predicted octanol–water partition coefficient (Wildman–Crippen LogP) is 1.59. The molecule has 0 unspecified atom stereocenters. The van der Waals surface area contributed by atoms with Gasteiger partial charge in [0.2, 0.25) is 5.91 Å². The smallest absolute Gasteiger partial charge is 0.244 e. The van der Waals surface area contributed by atoms with Crippen LogP contribution in [0.5, 0.6) is 0 Å². The largest absolute Gasteiger partial charge is 0.383 e. The molecule has 1 fully saturated rings. The summed E-state index contributed by atoms with van der Waals surface area (Å²) in [6, 6.07) is 7.30. The molecule has 0 bridgehead atoms. The van der Waals surface area contributed by atoms with Crippen LogP contribution in [0.1, 0.15) is 0 Å². The van der Waals surface area contributed by atoms with E-state index < -0.39 is 0 Å². The van der Waals surface area contributed by atoms with E-state index in [1.54, 1.807) is 21.7 Å². The molecule has 0 radical (unpaired) electrons. The molecule has 0 spiro atoms. The van der Waals surface area contributed by atoms with Gasteiger partial charge in [0, 0.05) is 23.7 Å². The maximum atomic E-state index is 12.6. The van der Waals surface area contributed by atoms with Crippen LogP contribution in [-0.2, 0) is 16.1 Å². The maximum Gasteiger partial charge on any atom is 0.244 e. The fourth-order valence-electron chi connectivity index (χ4n) is 3.02. The number of nitrogen functional groups attached to an aromatic ring is 1. The second-order valence-corrected chi connectivity index (χ2v) is 6.40. The summed E-state index contributed by atoms with van der Waals surface area (Å²) in [4.78, 5) is 22.7. The standard InChI is InChI=1S/C17H17ClN6O2/c18-12-3-1-2-11(8-12)15-14-16(19)20-10-21-17(14)24(22-15)9-13(25)23-4-6-26-7-5-23/h1-3,8,10H,4-7,9H2,(H2,19,20,21). The van der Waals surface area contributed by atoms with Gasteiger partial charge in [-0.1, -0.05) is 23.7 Å². The van der Waals surface area contributed by atoms with Crippen LogP contribution in [0.15, 0.2) is 30.6 Å². The van der Waals surface area contributed by atoms with Crippen molar-refractivity contribution in [1.29, 1.82) is 0 Å². The van der Waals surface area contributed by atoms with Gasteiger partial charge in [0.15, 0.2) is 5.65 Å². The van der Waals surface area contributed by atoms with E-state index in [9.17, 15) is 4.79 Å². The second kappa shape index (κ2) is 6.89. The molecule has 1 aliphatic heterocycles. The van der Waals surface area contributed by atoms with E-state index in [4.69, 9.17) is 22.1 Å². The molecule has 4 rings (SSSR count). The number of benzene rings is 1. The Balaban J connectivity index is 1.76. The van der Waals surface area contributed by atoms with Crippen LogP contribution in [0.3, 0.4) is 0 Å². The number of nitrogens with zero attached hydrogens (tertiary/aromatic N) is 5. The van der Waals surface area contributed by atoms with Crippen molar-refractivity contribution < 1.29 is 9.53 Å². The van der Waals surface area contributed by atoms with Crippen molar-refractivity contribution >= 4 is 34.4 Å². The SMILES string of the molecule is Nc1ncnc2c1c(-c1cccc(Cl)c1)nn2CC(=O)N1CCOCC1. The van der Waals surface area contributed by atoms with E-state index in [1.807, 2.05) is 12.1 Å². The second-order valence-electron chi connectivity index (χ2n) is 5.97. The third kappa shape index (κ3) is 3.09. The molecule has 134 valence electrons. The number of nitrogens with two attached hydrogens (primary N) is 1. The number of amides is 1. The average molecular weight is 373 g/mol. The number of aromatic nitrogens is 4. The maximum absolute atomic E-state index is 12.6. The summed E-state index contributed by atoms with van der Waals surface area (Å²) in [5, 5.41) is 5.80. The number of halogens is 1. The molecule has 0 saturated carbocycles. The summed E-state index contributed by atoms with van der Waals surface area (Å²) in [7, 11) is 0. The lowest BCUT2D eigenvalue weighted by Gasteiger charge is -2.26. The molecule has 0 atom stereocenters. The molecule has 8 nitrogen and oxygen atoms in total. The lowest BCUT2D eigenvalue weighted by atomic mass is 10.1. The highest BCUT2D eigenvalue weighted by molar-refractivity contribution is 6.30. The van der Waals surface area contributed by atoms with E-state index >= 15 is 0 Å². The van der Waals surface area contributed by atoms with Gasteiger partial charge in [-0.2, -0.15) is 5.10 Å². The Morgan fingerprint density at radius 1 is 1.27 bits per heavy atom. The molecule has 3 heterocycles. The molecule has 9 heteroatoms. The van der Waals surface area contributed by atoms with Crippen LogP contribution < -0.4 is 5.73 Å². The van der Waals surface area contributed by atoms with Gasteiger partial charge in [0.1, 0.15) is 24.4 Å². The lowest BCUT2D eigenvalue weighted by Crippen LogP contribution is -2.42. The van der Waals surface area contributed by atoms with Gasteiger partial charge in [-0.3, -0.25) is 4.79 Å². The van der Waals surface area contributed by atoms with Gasteiger partial charge in [0.05, 0.1) is 18.6 Å². The minimum absolute atomic E-state index is 0.0347.